The maximum Gasteiger partial charge on any atom is 0.323 e. The summed E-state index contributed by atoms with van der Waals surface area (Å²) < 4.78 is 25.0. The molecular weight excluding hydrogens is 496 g/mol. The van der Waals surface area contributed by atoms with Crippen LogP contribution in [0.5, 0.6) is 0 Å². The SMILES string of the molecule is CC(C)C(=O)O[C@@H]1[C@@]2(OC(=O)C(C)C)C(OC(=O)[C@@H](N)C(C)C)[C@H]2O[C@@]1(C#N)c1ccc2c(N)ncnn12. The van der Waals surface area contributed by atoms with Crippen LogP contribution in [-0.2, 0) is 38.9 Å². The van der Waals surface area contributed by atoms with E-state index >= 15 is 0 Å². The molecule has 0 spiro atoms. The van der Waals surface area contributed by atoms with Gasteiger partial charge in [0.25, 0.3) is 0 Å². The predicted octanol–water partition coefficient (Wildman–Crippen LogP) is 0.844. The molecule has 4 rings (SSSR count). The van der Waals surface area contributed by atoms with Crippen molar-refractivity contribution in [3.05, 3.63) is 24.2 Å². The number of nitriles is 1. The van der Waals surface area contributed by atoms with Gasteiger partial charge in [0.05, 0.1) is 17.5 Å². The molecule has 38 heavy (non-hydrogen) atoms. The van der Waals surface area contributed by atoms with Crippen LogP contribution in [0.25, 0.3) is 5.52 Å². The topological polar surface area (TPSA) is 194 Å². The van der Waals surface area contributed by atoms with Gasteiger partial charge in [-0.1, -0.05) is 41.5 Å². The summed E-state index contributed by atoms with van der Waals surface area (Å²) in [6, 6.07) is 4.28. The van der Waals surface area contributed by atoms with Gasteiger partial charge in [0, 0.05) is 0 Å². The summed E-state index contributed by atoms with van der Waals surface area (Å²) in [6.45, 7) is 9.98. The summed E-state index contributed by atoms with van der Waals surface area (Å²) >= 11 is 0. The molecule has 1 saturated heterocycles. The third-order valence-electron chi connectivity index (χ3n) is 6.86. The first-order valence-electron chi connectivity index (χ1n) is 12.4. The van der Waals surface area contributed by atoms with E-state index in [4.69, 9.17) is 30.4 Å². The molecule has 0 radical (unpaired) electrons. The van der Waals surface area contributed by atoms with Crippen molar-refractivity contribution in [1.82, 2.24) is 14.6 Å². The van der Waals surface area contributed by atoms with E-state index in [1.54, 1.807) is 47.6 Å². The Morgan fingerprint density at radius 2 is 1.74 bits per heavy atom. The number of fused-ring (bicyclic) bond motifs is 2. The standard InChI is InChI=1S/C25H32N6O7/c1-11(2)16(27)22(34)35-17-18-25(17,38-21(33)13(5)6)23(36-20(32)12(3)4)24(9-26,37-18)15-8-7-14-19(28)29-10-30-31(14)15/h7-8,10-13,16-18,23H,27H2,1-6H3,(H2,28,29,30)/t16-,17?,18+,23-,24-,25+/m0/s1. The minimum atomic E-state index is -2.00. The van der Waals surface area contributed by atoms with Crippen LogP contribution < -0.4 is 11.5 Å². The van der Waals surface area contributed by atoms with Gasteiger partial charge in [-0.25, -0.2) is 9.50 Å². The number of rotatable bonds is 8. The van der Waals surface area contributed by atoms with E-state index in [0.717, 1.165) is 0 Å². The molecular formula is C25H32N6O7. The molecule has 0 bridgehead atoms. The second kappa shape index (κ2) is 9.52. The first-order chi connectivity index (χ1) is 17.8. The normalized spacial score (nSPS) is 28.7. The summed E-state index contributed by atoms with van der Waals surface area (Å²) in [7, 11) is 0. The highest BCUT2D eigenvalue weighted by Crippen LogP contribution is 2.63. The van der Waals surface area contributed by atoms with Gasteiger partial charge in [-0.15, -0.1) is 0 Å². The van der Waals surface area contributed by atoms with Crippen LogP contribution in [0.4, 0.5) is 5.82 Å². The second-order valence-corrected chi connectivity index (χ2v) is 10.6. The van der Waals surface area contributed by atoms with Crippen LogP contribution in [0, 0.1) is 29.1 Å². The van der Waals surface area contributed by atoms with Crippen LogP contribution in [0.1, 0.15) is 47.2 Å². The van der Waals surface area contributed by atoms with Crippen molar-refractivity contribution in [1.29, 1.82) is 5.26 Å². The number of ether oxygens (including phenoxy) is 4. The summed E-state index contributed by atoms with van der Waals surface area (Å²) in [5.41, 5.74) is 8.72. The van der Waals surface area contributed by atoms with Gasteiger partial charge in [0.15, 0.2) is 18.0 Å². The molecule has 4 N–H and O–H groups in total. The number of nitrogens with zero attached hydrogens (tertiary/aromatic N) is 4. The van der Waals surface area contributed by atoms with Crippen LogP contribution in [0.3, 0.4) is 0 Å². The molecule has 1 unspecified atom stereocenters. The Morgan fingerprint density at radius 3 is 2.32 bits per heavy atom. The quantitative estimate of drug-likeness (QED) is 0.363. The molecule has 2 aromatic rings. The van der Waals surface area contributed by atoms with Crippen LogP contribution in [0.15, 0.2) is 18.5 Å². The zero-order valence-corrected chi connectivity index (χ0v) is 22.1. The van der Waals surface area contributed by atoms with E-state index in [1.807, 2.05) is 0 Å². The average Bonchev–Trinajstić information content (AvgIpc) is 3.14. The minimum Gasteiger partial charge on any atom is -0.454 e. The van der Waals surface area contributed by atoms with Gasteiger partial charge in [-0.2, -0.15) is 10.4 Å². The first kappa shape index (κ1) is 27.3. The largest absolute Gasteiger partial charge is 0.454 e. The number of nitrogen functional groups attached to an aromatic ring is 1. The Bertz CT molecular complexity index is 1320. The molecule has 3 heterocycles. The summed E-state index contributed by atoms with van der Waals surface area (Å²) in [4.78, 5) is 42.6. The lowest BCUT2D eigenvalue weighted by molar-refractivity contribution is -0.193. The van der Waals surface area contributed by atoms with Crippen molar-refractivity contribution in [2.24, 2.45) is 23.5 Å². The third-order valence-corrected chi connectivity index (χ3v) is 6.86. The lowest BCUT2D eigenvalue weighted by atomic mass is 9.89. The molecule has 13 heteroatoms. The molecule has 1 aliphatic heterocycles. The van der Waals surface area contributed by atoms with Gasteiger partial charge in [0.2, 0.25) is 11.2 Å². The summed E-state index contributed by atoms with van der Waals surface area (Å²) in [5, 5.41) is 14.7. The lowest BCUT2D eigenvalue weighted by Crippen LogP contribution is -2.53. The highest BCUT2D eigenvalue weighted by Gasteiger charge is 2.89. The van der Waals surface area contributed by atoms with Crippen LogP contribution in [0.2, 0.25) is 0 Å². The highest BCUT2D eigenvalue weighted by molar-refractivity contribution is 5.78. The maximum absolute atomic E-state index is 12.9. The van der Waals surface area contributed by atoms with Gasteiger partial charge >= 0.3 is 17.9 Å². The van der Waals surface area contributed by atoms with Crippen molar-refractivity contribution >= 4 is 29.2 Å². The molecule has 13 nitrogen and oxygen atoms in total. The van der Waals surface area contributed by atoms with Gasteiger partial charge in [-0.3, -0.25) is 14.4 Å². The van der Waals surface area contributed by atoms with Gasteiger partial charge < -0.3 is 30.4 Å². The number of nitrogens with two attached hydrogens (primary N) is 2. The number of aromatic nitrogens is 3. The van der Waals surface area contributed by atoms with E-state index < -0.39 is 65.3 Å². The fourth-order valence-corrected chi connectivity index (χ4v) is 4.44. The van der Waals surface area contributed by atoms with Crippen molar-refractivity contribution in [3.63, 3.8) is 0 Å². The van der Waals surface area contributed by atoms with Gasteiger partial charge in [-0.05, 0) is 18.1 Å². The fraction of sp³-hybridized carbons (Fsp3) is 0.600. The zero-order chi connectivity index (χ0) is 28.2. The Kier molecular flexibility index (Phi) is 6.83. The molecule has 2 aromatic heterocycles. The molecule has 204 valence electrons. The Balaban J connectivity index is 1.86. The van der Waals surface area contributed by atoms with Crippen LogP contribution >= 0.6 is 0 Å². The van der Waals surface area contributed by atoms with Crippen molar-refractivity contribution in [2.45, 2.75) is 77.1 Å². The molecule has 2 aliphatic rings. The molecule has 0 amide bonds. The minimum absolute atomic E-state index is 0.147. The van der Waals surface area contributed by atoms with E-state index in [2.05, 4.69) is 16.2 Å². The molecule has 1 saturated carbocycles. The molecule has 1 aliphatic carbocycles. The Hall–Kier alpha value is -3.76. The number of hydrogen-bond donors (Lipinski definition) is 2. The number of anilines is 1. The first-order valence-corrected chi connectivity index (χ1v) is 12.4. The van der Waals surface area contributed by atoms with Crippen LogP contribution in [-0.4, -0.2) is 62.5 Å². The maximum atomic E-state index is 12.9. The monoisotopic (exact) mass is 528 g/mol. The lowest BCUT2D eigenvalue weighted by Gasteiger charge is -2.34. The molecule has 0 aromatic carbocycles. The Labute approximate surface area is 219 Å². The predicted molar refractivity (Wildman–Crippen MR) is 131 cm³/mol. The highest BCUT2D eigenvalue weighted by atomic mass is 16.7. The smallest absolute Gasteiger partial charge is 0.323 e. The Morgan fingerprint density at radius 1 is 1.08 bits per heavy atom. The fourth-order valence-electron chi connectivity index (χ4n) is 4.44. The molecule has 2 fully saturated rings. The van der Waals surface area contributed by atoms with Gasteiger partial charge in [0.1, 0.15) is 30.1 Å². The van der Waals surface area contributed by atoms with E-state index in [1.165, 1.54) is 16.9 Å². The van der Waals surface area contributed by atoms with Crippen molar-refractivity contribution in [3.8, 4) is 6.07 Å². The summed E-state index contributed by atoms with van der Waals surface area (Å²) in [5.74, 6) is -3.34. The molecule has 6 atom stereocenters. The number of carbonyl (C=O) groups excluding carboxylic acids is 3. The van der Waals surface area contributed by atoms with Crippen molar-refractivity contribution < 1.29 is 33.3 Å². The van der Waals surface area contributed by atoms with E-state index in [0.29, 0.717) is 5.52 Å². The van der Waals surface area contributed by atoms with E-state index in [9.17, 15) is 19.6 Å². The second-order valence-electron chi connectivity index (χ2n) is 10.6. The van der Waals surface area contributed by atoms with E-state index in [-0.39, 0.29) is 17.4 Å². The number of hydrogen-bond acceptors (Lipinski definition) is 12. The zero-order valence-electron chi connectivity index (χ0n) is 22.1. The summed E-state index contributed by atoms with van der Waals surface area (Å²) in [6.07, 6.45) is -2.61. The average molecular weight is 529 g/mol. The van der Waals surface area contributed by atoms with Crippen molar-refractivity contribution in [2.75, 3.05) is 5.73 Å². The number of carbonyl (C=O) groups is 3. The number of esters is 3. The third kappa shape index (κ3) is 4.04.